The van der Waals surface area contributed by atoms with E-state index in [0.29, 0.717) is 11.4 Å². The van der Waals surface area contributed by atoms with Crippen LogP contribution in [0.15, 0.2) is 18.2 Å². The summed E-state index contributed by atoms with van der Waals surface area (Å²) in [5.74, 6) is -0.239. The van der Waals surface area contributed by atoms with Gasteiger partial charge in [-0.1, -0.05) is 6.07 Å². The molecule has 0 aliphatic rings. The van der Waals surface area contributed by atoms with E-state index in [4.69, 9.17) is 9.84 Å². The first-order chi connectivity index (χ1) is 9.38. The fourth-order valence-corrected chi connectivity index (χ4v) is 1.52. The number of anilines is 1. The highest BCUT2D eigenvalue weighted by Crippen LogP contribution is 2.23. The molecule has 0 aromatic heterocycles. The first-order valence-corrected chi connectivity index (χ1v) is 6.42. The highest BCUT2D eigenvalue weighted by molar-refractivity contribution is 5.89. The van der Waals surface area contributed by atoms with Crippen LogP contribution in [0.1, 0.15) is 25.8 Å². The molecule has 0 unspecified atom stereocenters. The lowest BCUT2D eigenvalue weighted by Gasteiger charge is -2.14. The van der Waals surface area contributed by atoms with Crippen molar-refractivity contribution in [3.63, 3.8) is 0 Å². The molecule has 0 saturated carbocycles. The summed E-state index contributed by atoms with van der Waals surface area (Å²) < 4.78 is 5.63. The molecule has 6 nitrogen and oxygen atoms in total. The van der Waals surface area contributed by atoms with E-state index >= 15 is 0 Å². The highest BCUT2D eigenvalue weighted by Gasteiger charge is 2.07. The lowest BCUT2D eigenvalue weighted by Crippen LogP contribution is -2.30. The van der Waals surface area contributed by atoms with E-state index < -0.39 is 12.0 Å². The summed E-state index contributed by atoms with van der Waals surface area (Å²) in [6.07, 6.45) is -0.0587. The Morgan fingerprint density at radius 2 is 2.05 bits per heavy atom. The van der Waals surface area contributed by atoms with Gasteiger partial charge in [-0.15, -0.1) is 0 Å². The van der Waals surface area contributed by atoms with E-state index in [9.17, 15) is 9.59 Å². The molecule has 0 heterocycles. The number of carbonyl (C=O) groups excluding carboxylic acids is 1. The van der Waals surface area contributed by atoms with E-state index in [0.717, 1.165) is 5.56 Å². The number of aryl methyl sites for hydroxylation is 1. The second-order valence-corrected chi connectivity index (χ2v) is 4.67. The number of rotatable bonds is 6. The minimum absolute atomic E-state index is 0.0494. The minimum atomic E-state index is -0.951. The Morgan fingerprint density at radius 3 is 2.65 bits per heavy atom. The Balaban J connectivity index is 2.59. The summed E-state index contributed by atoms with van der Waals surface area (Å²) in [5, 5.41) is 13.6. The summed E-state index contributed by atoms with van der Waals surface area (Å²) in [6, 6.07) is 4.92. The number of hydrogen-bond acceptors (Lipinski definition) is 3. The van der Waals surface area contributed by atoms with Crippen LogP contribution >= 0.6 is 0 Å². The second kappa shape index (κ2) is 7.37. The van der Waals surface area contributed by atoms with Gasteiger partial charge in [-0.3, -0.25) is 4.79 Å². The number of carboxylic acids is 1. The van der Waals surface area contributed by atoms with Crippen LogP contribution in [-0.4, -0.2) is 29.8 Å². The second-order valence-electron chi connectivity index (χ2n) is 4.67. The number of nitrogens with one attached hydrogen (secondary N) is 2. The number of aliphatic carboxylic acids is 1. The molecule has 0 aliphatic heterocycles. The molecule has 0 fully saturated rings. The maximum atomic E-state index is 11.6. The van der Waals surface area contributed by atoms with E-state index in [1.807, 2.05) is 26.8 Å². The molecule has 2 amide bonds. The third-order valence-electron chi connectivity index (χ3n) is 2.43. The van der Waals surface area contributed by atoms with E-state index in [1.165, 1.54) is 0 Å². The number of amides is 2. The van der Waals surface area contributed by atoms with Crippen molar-refractivity contribution in [2.45, 2.75) is 33.3 Å². The van der Waals surface area contributed by atoms with E-state index in [1.54, 1.807) is 12.1 Å². The number of carbonyl (C=O) groups is 2. The van der Waals surface area contributed by atoms with Gasteiger partial charge in [0.2, 0.25) is 0 Å². The van der Waals surface area contributed by atoms with Crippen molar-refractivity contribution in [3.05, 3.63) is 23.8 Å². The largest absolute Gasteiger partial charge is 0.491 e. The SMILES string of the molecule is Cc1ccc(NC(=O)NCCC(=O)O)cc1OC(C)C. The molecule has 0 atom stereocenters. The molecule has 1 aromatic carbocycles. The number of hydrogen-bond donors (Lipinski definition) is 3. The Kier molecular flexibility index (Phi) is 5.83. The molecular formula is C14H20N2O4. The molecule has 0 radical (unpaired) electrons. The number of ether oxygens (including phenoxy) is 1. The fourth-order valence-electron chi connectivity index (χ4n) is 1.52. The summed E-state index contributed by atoms with van der Waals surface area (Å²) in [6.45, 7) is 5.87. The smallest absolute Gasteiger partial charge is 0.319 e. The summed E-state index contributed by atoms with van der Waals surface area (Å²) in [4.78, 5) is 21.9. The average molecular weight is 280 g/mol. The van der Waals surface area contributed by atoms with Gasteiger partial charge in [0.1, 0.15) is 5.75 Å². The topological polar surface area (TPSA) is 87.7 Å². The Hall–Kier alpha value is -2.24. The molecule has 110 valence electrons. The van der Waals surface area contributed by atoms with Crippen LogP contribution in [0.2, 0.25) is 0 Å². The fraction of sp³-hybridized carbons (Fsp3) is 0.429. The summed E-state index contributed by atoms with van der Waals surface area (Å²) in [7, 11) is 0. The van der Waals surface area contributed by atoms with Crippen molar-refractivity contribution >= 4 is 17.7 Å². The Labute approximate surface area is 118 Å². The highest BCUT2D eigenvalue weighted by atomic mass is 16.5. The molecule has 0 aliphatic carbocycles. The van der Waals surface area contributed by atoms with Gasteiger partial charge < -0.3 is 20.5 Å². The van der Waals surface area contributed by atoms with Gasteiger partial charge in [0, 0.05) is 18.3 Å². The monoisotopic (exact) mass is 280 g/mol. The zero-order valence-corrected chi connectivity index (χ0v) is 11.9. The van der Waals surface area contributed by atoms with E-state index in [-0.39, 0.29) is 19.1 Å². The molecule has 6 heteroatoms. The van der Waals surface area contributed by atoms with Gasteiger partial charge in [-0.25, -0.2) is 4.79 Å². The zero-order chi connectivity index (χ0) is 15.1. The van der Waals surface area contributed by atoms with Crippen LogP contribution in [0.4, 0.5) is 10.5 Å². The average Bonchev–Trinajstić information content (AvgIpc) is 2.32. The van der Waals surface area contributed by atoms with Crippen LogP contribution < -0.4 is 15.4 Å². The van der Waals surface area contributed by atoms with Crippen molar-refractivity contribution in [2.75, 3.05) is 11.9 Å². The molecule has 0 bridgehead atoms. The molecule has 20 heavy (non-hydrogen) atoms. The quantitative estimate of drug-likeness (QED) is 0.746. The Bertz CT molecular complexity index is 486. The zero-order valence-electron chi connectivity index (χ0n) is 11.9. The lowest BCUT2D eigenvalue weighted by molar-refractivity contribution is -0.136. The number of benzene rings is 1. The normalized spacial score (nSPS) is 10.2. The number of carboxylic acid groups (broad SMARTS) is 1. The summed E-state index contributed by atoms with van der Waals surface area (Å²) >= 11 is 0. The van der Waals surface area contributed by atoms with Crippen molar-refractivity contribution in [1.29, 1.82) is 0 Å². The summed E-state index contributed by atoms with van der Waals surface area (Å²) in [5.41, 5.74) is 1.58. The predicted octanol–water partition coefficient (Wildman–Crippen LogP) is 2.38. The van der Waals surface area contributed by atoms with Gasteiger partial charge in [0.25, 0.3) is 0 Å². The van der Waals surface area contributed by atoms with Crippen molar-refractivity contribution in [1.82, 2.24) is 5.32 Å². The molecule has 1 rings (SSSR count). The van der Waals surface area contributed by atoms with Gasteiger partial charge >= 0.3 is 12.0 Å². The van der Waals surface area contributed by atoms with E-state index in [2.05, 4.69) is 10.6 Å². The first-order valence-electron chi connectivity index (χ1n) is 6.42. The molecule has 1 aromatic rings. The molecule has 0 spiro atoms. The van der Waals surface area contributed by atoms with Gasteiger partial charge in [-0.2, -0.15) is 0 Å². The molecule has 3 N–H and O–H groups in total. The van der Waals surface area contributed by atoms with Crippen LogP contribution in [0.3, 0.4) is 0 Å². The lowest BCUT2D eigenvalue weighted by atomic mass is 10.2. The van der Waals surface area contributed by atoms with Crippen LogP contribution in [0.5, 0.6) is 5.75 Å². The van der Waals surface area contributed by atoms with Crippen molar-refractivity contribution in [3.8, 4) is 5.75 Å². The van der Waals surface area contributed by atoms with Gasteiger partial charge in [0.15, 0.2) is 0 Å². The third kappa shape index (κ3) is 5.60. The first kappa shape index (κ1) is 15.8. The van der Waals surface area contributed by atoms with Crippen molar-refractivity contribution in [2.24, 2.45) is 0 Å². The predicted molar refractivity (Wildman–Crippen MR) is 76.2 cm³/mol. The standard InChI is InChI=1S/C14H20N2O4/c1-9(2)20-12-8-11(5-4-10(12)3)16-14(19)15-7-6-13(17)18/h4-5,8-9H,6-7H2,1-3H3,(H,17,18)(H2,15,16,19). The maximum absolute atomic E-state index is 11.6. The maximum Gasteiger partial charge on any atom is 0.319 e. The van der Waals surface area contributed by atoms with Crippen LogP contribution in [-0.2, 0) is 4.79 Å². The van der Waals surface area contributed by atoms with Gasteiger partial charge in [-0.05, 0) is 32.4 Å². The van der Waals surface area contributed by atoms with Crippen molar-refractivity contribution < 1.29 is 19.4 Å². The molecule has 0 saturated heterocycles. The minimum Gasteiger partial charge on any atom is -0.491 e. The number of urea groups is 1. The van der Waals surface area contributed by atoms with Gasteiger partial charge in [0.05, 0.1) is 12.5 Å². The van der Waals surface area contributed by atoms with Crippen LogP contribution in [0.25, 0.3) is 0 Å². The third-order valence-corrected chi connectivity index (χ3v) is 2.43. The van der Waals surface area contributed by atoms with Crippen LogP contribution in [0, 0.1) is 6.92 Å². The molecular weight excluding hydrogens is 260 g/mol. The Morgan fingerprint density at radius 1 is 1.35 bits per heavy atom.